The van der Waals surface area contributed by atoms with Crippen molar-refractivity contribution >= 4 is 17.5 Å². The molecule has 6 nitrogen and oxygen atoms in total. The summed E-state index contributed by atoms with van der Waals surface area (Å²) in [6.07, 6.45) is -4.52. The van der Waals surface area contributed by atoms with Crippen molar-refractivity contribution in [2.45, 2.75) is 32.3 Å². The maximum absolute atomic E-state index is 12.8. The minimum atomic E-state index is -4.83. The molecule has 3 rings (SSSR count). The molecule has 158 valence electrons. The Bertz CT molecular complexity index is 945. The number of alkyl halides is 3. The fourth-order valence-electron chi connectivity index (χ4n) is 3.04. The zero-order valence-electron chi connectivity index (χ0n) is 16.2. The van der Waals surface area contributed by atoms with Gasteiger partial charge in [-0.15, -0.1) is 13.2 Å². The van der Waals surface area contributed by atoms with Crippen LogP contribution in [0.1, 0.15) is 24.0 Å². The third-order valence-electron chi connectivity index (χ3n) is 4.48. The second-order valence-corrected chi connectivity index (χ2v) is 6.80. The molecule has 2 amide bonds. The van der Waals surface area contributed by atoms with Gasteiger partial charge in [0.25, 0.3) is 5.91 Å². The molecular formula is C21H20F3N3O3. The van der Waals surface area contributed by atoms with Gasteiger partial charge in [-0.05, 0) is 11.6 Å². The Hall–Kier alpha value is -3.36. The van der Waals surface area contributed by atoms with Crippen LogP contribution in [0, 0.1) is 0 Å². The summed E-state index contributed by atoms with van der Waals surface area (Å²) in [5.41, 5.74) is 1.26. The highest BCUT2D eigenvalue weighted by molar-refractivity contribution is 6.39. The molecular weight excluding hydrogens is 399 g/mol. The van der Waals surface area contributed by atoms with Gasteiger partial charge >= 0.3 is 6.36 Å². The number of carbonyl (C=O) groups is 2. The third-order valence-corrected chi connectivity index (χ3v) is 4.48. The highest BCUT2D eigenvalue weighted by atomic mass is 19.4. The second-order valence-electron chi connectivity index (χ2n) is 6.80. The van der Waals surface area contributed by atoms with Crippen LogP contribution in [0.2, 0.25) is 0 Å². The summed E-state index contributed by atoms with van der Waals surface area (Å²) >= 11 is 0. The van der Waals surface area contributed by atoms with E-state index in [-0.39, 0.29) is 48.9 Å². The lowest BCUT2D eigenvalue weighted by atomic mass is 10.1. The number of halogens is 3. The average Bonchev–Trinajstić information content (AvgIpc) is 2.70. The summed E-state index contributed by atoms with van der Waals surface area (Å²) in [6.45, 7) is 0.138. The maximum Gasteiger partial charge on any atom is 0.573 e. The van der Waals surface area contributed by atoms with Gasteiger partial charge in [-0.2, -0.15) is 5.10 Å². The third kappa shape index (κ3) is 5.59. The quantitative estimate of drug-likeness (QED) is 0.717. The van der Waals surface area contributed by atoms with Gasteiger partial charge < -0.3 is 9.64 Å². The Morgan fingerprint density at radius 2 is 1.77 bits per heavy atom. The lowest BCUT2D eigenvalue weighted by molar-refractivity contribution is -0.275. The average molecular weight is 419 g/mol. The van der Waals surface area contributed by atoms with E-state index < -0.39 is 12.3 Å². The first-order valence-corrected chi connectivity index (χ1v) is 9.24. The number of rotatable bonds is 6. The summed E-state index contributed by atoms with van der Waals surface area (Å²) in [6, 6.07) is 14.9. The van der Waals surface area contributed by atoms with E-state index in [0.29, 0.717) is 0 Å². The topological polar surface area (TPSA) is 62.2 Å². The van der Waals surface area contributed by atoms with Gasteiger partial charge in [0.2, 0.25) is 5.91 Å². The van der Waals surface area contributed by atoms with E-state index >= 15 is 0 Å². The lowest BCUT2D eigenvalue weighted by Gasteiger charge is -2.26. The Labute approximate surface area is 171 Å². The van der Waals surface area contributed by atoms with Gasteiger partial charge in [-0.25, -0.2) is 5.01 Å². The number of hydrazone groups is 1. The number of ether oxygens (including phenoxy) is 1. The van der Waals surface area contributed by atoms with E-state index in [1.165, 1.54) is 35.2 Å². The summed E-state index contributed by atoms with van der Waals surface area (Å²) < 4.78 is 41.9. The smallest absolute Gasteiger partial charge is 0.405 e. The molecule has 2 aromatic rings. The Balaban J connectivity index is 1.73. The number of hydrogen-bond acceptors (Lipinski definition) is 4. The summed E-state index contributed by atoms with van der Waals surface area (Å²) in [7, 11) is 1.47. The molecule has 0 spiro atoms. The molecule has 0 saturated heterocycles. The first kappa shape index (κ1) is 21.4. The molecule has 0 radical (unpaired) electrons. The summed E-state index contributed by atoms with van der Waals surface area (Å²) in [5, 5.41) is 5.45. The molecule has 0 N–H and O–H groups in total. The van der Waals surface area contributed by atoms with E-state index in [1.807, 2.05) is 30.3 Å². The van der Waals surface area contributed by atoms with Crippen LogP contribution in [-0.2, 0) is 22.7 Å². The number of para-hydroxylation sites is 1. The molecule has 30 heavy (non-hydrogen) atoms. The molecule has 1 aliphatic heterocycles. The lowest BCUT2D eigenvalue weighted by Crippen LogP contribution is -2.39. The van der Waals surface area contributed by atoms with Crippen LogP contribution < -0.4 is 4.74 Å². The molecule has 2 aromatic carbocycles. The van der Waals surface area contributed by atoms with Crippen molar-refractivity contribution in [1.29, 1.82) is 0 Å². The number of benzene rings is 2. The van der Waals surface area contributed by atoms with Crippen LogP contribution in [0.5, 0.6) is 5.75 Å². The molecule has 0 saturated carbocycles. The number of amides is 2. The molecule has 0 fully saturated rings. The predicted molar refractivity (Wildman–Crippen MR) is 103 cm³/mol. The zero-order valence-corrected chi connectivity index (χ0v) is 16.2. The molecule has 1 aliphatic rings. The van der Waals surface area contributed by atoms with Crippen LogP contribution in [0.25, 0.3) is 0 Å². The predicted octanol–water partition coefficient (Wildman–Crippen LogP) is 3.72. The Kier molecular flexibility index (Phi) is 6.39. The van der Waals surface area contributed by atoms with Gasteiger partial charge in [0.1, 0.15) is 11.5 Å². The SMILES string of the molecule is CN(Cc1ccccc1OC(F)(F)F)C(=O)C1=NN(Cc2ccccc2)C(=O)CC1. The largest absolute Gasteiger partial charge is 0.573 e. The van der Waals surface area contributed by atoms with Crippen LogP contribution >= 0.6 is 0 Å². The Morgan fingerprint density at radius 1 is 1.10 bits per heavy atom. The van der Waals surface area contributed by atoms with Gasteiger partial charge in [-0.3, -0.25) is 9.59 Å². The van der Waals surface area contributed by atoms with Crippen molar-refractivity contribution in [1.82, 2.24) is 9.91 Å². The van der Waals surface area contributed by atoms with E-state index in [4.69, 9.17) is 0 Å². The molecule has 0 aromatic heterocycles. The van der Waals surface area contributed by atoms with Crippen LogP contribution in [0.3, 0.4) is 0 Å². The number of carbonyl (C=O) groups excluding carboxylic acids is 2. The molecule has 0 unspecified atom stereocenters. The summed E-state index contributed by atoms with van der Waals surface area (Å²) in [5.74, 6) is -1.01. The Morgan fingerprint density at radius 3 is 2.47 bits per heavy atom. The van der Waals surface area contributed by atoms with E-state index in [2.05, 4.69) is 9.84 Å². The fourth-order valence-corrected chi connectivity index (χ4v) is 3.04. The number of hydrogen-bond donors (Lipinski definition) is 0. The first-order valence-electron chi connectivity index (χ1n) is 9.24. The monoisotopic (exact) mass is 419 g/mol. The maximum atomic E-state index is 12.8. The van der Waals surface area contributed by atoms with Gasteiger partial charge in [-0.1, -0.05) is 48.5 Å². The number of nitrogens with zero attached hydrogens (tertiary/aromatic N) is 3. The van der Waals surface area contributed by atoms with Crippen molar-refractivity contribution in [2.75, 3.05) is 7.05 Å². The molecule has 0 aliphatic carbocycles. The second kappa shape index (κ2) is 8.98. The van der Waals surface area contributed by atoms with Crippen LogP contribution in [-0.4, -0.2) is 40.8 Å². The highest BCUT2D eigenvalue weighted by Crippen LogP contribution is 2.27. The van der Waals surface area contributed by atoms with E-state index in [9.17, 15) is 22.8 Å². The molecule has 1 heterocycles. The van der Waals surface area contributed by atoms with Crippen LogP contribution in [0.15, 0.2) is 59.7 Å². The van der Waals surface area contributed by atoms with Crippen LogP contribution in [0.4, 0.5) is 13.2 Å². The standard InChI is InChI=1S/C21H20F3N3O3/c1-26(14-16-9-5-6-10-18(16)30-21(22,23)24)20(29)17-11-12-19(28)27(25-17)13-15-7-3-2-4-8-15/h2-10H,11-14H2,1H3. The molecule has 0 atom stereocenters. The van der Waals surface area contributed by atoms with Crippen molar-refractivity contribution in [3.05, 3.63) is 65.7 Å². The minimum absolute atomic E-state index is 0.100. The van der Waals surface area contributed by atoms with Gasteiger partial charge in [0.15, 0.2) is 0 Å². The first-order chi connectivity index (χ1) is 14.2. The van der Waals surface area contributed by atoms with E-state index in [1.54, 1.807) is 6.07 Å². The highest BCUT2D eigenvalue weighted by Gasteiger charge is 2.32. The van der Waals surface area contributed by atoms with Gasteiger partial charge in [0, 0.05) is 32.0 Å². The van der Waals surface area contributed by atoms with Crippen molar-refractivity contribution < 1.29 is 27.5 Å². The molecule has 0 bridgehead atoms. The zero-order chi connectivity index (χ0) is 21.7. The fraction of sp³-hybridized carbons (Fsp3) is 0.286. The van der Waals surface area contributed by atoms with Crippen molar-refractivity contribution in [3.8, 4) is 5.75 Å². The van der Waals surface area contributed by atoms with Gasteiger partial charge in [0.05, 0.1) is 6.54 Å². The van der Waals surface area contributed by atoms with Crippen molar-refractivity contribution in [2.24, 2.45) is 5.10 Å². The van der Waals surface area contributed by atoms with Crippen molar-refractivity contribution in [3.63, 3.8) is 0 Å². The normalized spacial score (nSPS) is 14.3. The van der Waals surface area contributed by atoms with E-state index in [0.717, 1.165) is 5.56 Å². The molecule has 9 heteroatoms. The minimum Gasteiger partial charge on any atom is -0.405 e. The summed E-state index contributed by atoms with van der Waals surface area (Å²) in [4.78, 5) is 26.2.